The molecular formula is C12H21F3N2O. The van der Waals surface area contributed by atoms with Crippen LogP contribution in [-0.4, -0.2) is 31.2 Å². The highest BCUT2D eigenvalue weighted by Gasteiger charge is 2.41. The topological polar surface area (TPSA) is 41.1 Å². The average molecular weight is 266 g/mol. The SMILES string of the molecule is CCNCCC(=O)NC1CCC(C(F)(F)F)CC1. The Balaban J connectivity index is 2.21. The van der Waals surface area contributed by atoms with Gasteiger partial charge in [0.15, 0.2) is 0 Å². The zero-order valence-corrected chi connectivity index (χ0v) is 10.6. The molecule has 1 fully saturated rings. The van der Waals surface area contributed by atoms with Crippen LogP contribution in [0.1, 0.15) is 39.0 Å². The molecule has 1 aliphatic carbocycles. The number of hydrogen-bond donors (Lipinski definition) is 2. The number of rotatable bonds is 5. The van der Waals surface area contributed by atoms with Crippen LogP contribution in [0.25, 0.3) is 0 Å². The molecule has 0 atom stereocenters. The maximum absolute atomic E-state index is 12.4. The average Bonchev–Trinajstić information content (AvgIpc) is 2.29. The van der Waals surface area contributed by atoms with E-state index < -0.39 is 12.1 Å². The van der Waals surface area contributed by atoms with E-state index in [0.29, 0.717) is 25.8 Å². The third-order valence-electron chi connectivity index (χ3n) is 3.33. The molecule has 1 saturated carbocycles. The number of carbonyl (C=O) groups is 1. The van der Waals surface area contributed by atoms with Gasteiger partial charge in [0.25, 0.3) is 0 Å². The molecule has 0 spiro atoms. The van der Waals surface area contributed by atoms with Gasteiger partial charge in [0, 0.05) is 19.0 Å². The largest absolute Gasteiger partial charge is 0.391 e. The Kier molecular flexibility index (Phi) is 5.91. The van der Waals surface area contributed by atoms with Gasteiger partial charge < -0.3 is 10.6 Å². The van der Waals surface area contributed by atoms with Gasteiger partial charge in [-0.3, -0.25) is 4.79 Å². The number of amides is 1. The Morgan fingerprint density at radius 2 is 1.83 bits per heavy atom. The summed E-state index contributed by atoms with van der Waals surface area (Å²) >= 11 is 0. The van der Waals surface area contributed by atoms with Gasteiger partial charge in [0.05, 0.1) is 5.92 Å². The predicted octanol–water partition coefficient (Wildman–Crippen LogP) is 2.22. The lowest BCUT2D eigenvalue weighted by molar-refractivity contribution is -0.182. The van der Waals surface area contributed by atoms with E-state index in [-0.39, 0.29) is 24.8 Å². The van der Waals surface area contributed by atoms with Crippen LogP contribution in [-0.2, 0) is 4.79 Å². The summed E-state index contributed by atoms with van der Waals surface area (Å²) in [7, 11) is 0. The van der Waals surface area contributed by atoms with Gasteiger partial charge in [-0.15, -0.1) is 0 Å². The molecule has 0 aromatic heterocycles. The number of alkyl halides is 3. The van der Waals surface area contributed by atoms with Crippen LogP contribution in [0.5, 0.6) is 0 Å². The molecule has 1 amide bonds. The van der Waals surface area contributed by atoms with Crippen molar-refractivity contribution in [2.24, 2.45) is 5.92 Å². The van der Waals surface area contributed by atoms with Crippen molar-refractivity contribution in [2.45, 2.75) is 51.2 Å². The first-order valence-corrected chi connectivity index (χ1v) is 6.50. The lowest BCUT2D eigenvalue weighted by Crippen LogP contribution is -2.40. The quantitative estimate of drug-likeness (QED) is 0.749. The molecule has 18 heavy (non-hydrogen) atoms. The van der Waals surface area contributed by atoms with Gasteiger partial charge in [-0.05, 0) is 32.2 Å². The van der Waals surface area contributed by atoms with Gasteiger partial charge in [-0.1, -0.05) is 6.92 Å². The third kappa shape index (κ3) is 5.25. The molecule has 2 N–H and O–H groups in total. The maximum atomic E-state index is 12.4. The molecule has 0 radical (unpaired) electrons. The van der Waals surface area contributed by atoms with Crippen molar-refractivity contribution in [1.29, 1.82) is 0 Å². The molecule has 0 heterocycles. The second kappa shape index (κ2) is 6.97. The minimum absolute atomic E-state index is 0.0774. The second-order valence-electron chi connectivity index (χ2n) is 4.76. The smallest absolute Gasteiger partial charge is 0.353 e. The van der Waals surface area contributed by atoms with Gasteiger partial charge in [0.1, 0.15) is 0 Å². The second-order valence-corrected chi connectivity index (χ2v) is 4.76. The van der Waals surface area contributed by atoms with Crippen molar-refractivity contribution in [3.63, 3.8) is 0 Å². The predicted molar refractivity (Wildman–Crippen MR) is 63.1 cm³/mol. The summed E-state index contributed by atoms with van der Waals surface area (Å²) in [5, 5.41) is 5.84. The molecule has 0 unspecified atom stereocenters. The van der Waals surface area contributed by atoms with E-state index in [1.165, 1.54) is 0 Å². The van der Waals surface area contributed by atoms with Crippen molar-refractivity contribution in [3.05, 3.63) is 0 Å². The molecule has 3 nitrogen and oxygen atoms in total. The van der Waals surface area contributed by atoms with Crippen LogP contribution < -0.4 is 10.6 Å². The molecule has 6 heteroatoms. The number of carbonyl (C=O) groups excluding carboxylic acids is 1. The summed E-state index contributed by atoms with van der Waals surface area (Å²) < 4.78 is 37.3. The van der Waals surface area contributed by atoms with Crippen LogP contribution in [0.4, 0.5) is 13.2 Å². The van der Waals surface area contributed by atoms with Crippen molar-refractivity contribution in [1.82, 2.24) is 10.6 Å². The van der Waals surface area contributed by atoms with Crippen LogP contribution in [0, 0.1) is 5.92 Å². The van der Waals surface area contributed by atoms with Crippen molar-refractivity contribution >= 4 is 5.91 Å². The van der Waals surface area contributed by atoms with Crippen LogP contribution >= 0.6 is 0 Å². The molecule has 106 valence electrons. The highest BCUT2D eigenvalue weighted by Crippen LogP contribution is 2.37. The highest BCUT2D eigenvalue weighted by atomic mass is 19.4. The Bertz CT molecular complexity index is 261. The van der Waals surface area contributed by atoms with E-state index in [4.69, 9.17) is 0 Å². The monoisotopic (exact) mass is 266 g/mol. The first kappa shape index (κ1) is 15.3. The fraction of sp³-hybridized carbons (Fsp3) is 0.917. The van der Waals surface area contributed by atoms with Gasteiger partial charge in [-0.2, -0.15) is 13.2 Å². The number of hydrogen-bond acceptors (Lipinski definition) is 2. The van der Waals surface area contributed by atoms with Gasteiger partial charge in [0.2, 0.25) is 5.91 Å². The maximum Gasteiger partial charge on any atom is 0.391 e. The first-order valence-electron chi connectivity index (χ1n) is 6.50. The van der Waals surface area contributed by atoms with Gasteiger partial charge >= 0.3 is 6.18 Å². The molecule has 0 bridgehead atoms. The minimum Gasteiger partial charge on any atom is -0.353 e. The van der Waals surface area contributed by atoms with E-state index in [2.05, 4.69) is 10.6 Å². The summed E-state index contributed by atoms with van der Waals surface area (Å²) in [6.07, 6.45) is -2.59. The first-order chi connectivity index (χ1) is 8.43. The third-order valence-corrected chi connectivity index (χ3v) is 3.33. The van der Waals surface area contributed by atoms with Crippen molar-refractivity contribution < 1.29 is 18.0 Å². The Morgan fingerprint density at radius 3 is 2.33 bits per heavy atom. The van der Waals surface area contributed by atoms with Crippen LogP contribution in [0.15, 0.2) is 0 Å². The van der Waals surface area contributed by atoms with E-state index in [1.54, 1.807) is 0 Å². The molecule has 0 saturated heterocycles. The normalized spacial score (nSPS) is 24.9. The van der Waals surface area contributed by atoms with Crippen molar-refractivity contribution in [2.75, 3.05) is 13.1 Å². The summed E-state index contributed by atoms with van der Waals surface area (Å²) in [5.74, 6) is -1.26. The molecule has 1 rings (SSSR count). The van der Waals surface area contributed by atoms with E-state index in [9.17, 15) is 18.0 Å². The molecular weight excluding hydrogens is 245 g/mol. The lowest BCUT2D eigenvalue weighted by Gasteiger charge is -2.30. The Morgan fingerprint density at radius 1 is 1.22 bits per heavy atom. The summed E-state index contributed by atoms with van der Waals surface area (Å²) in [4.78, 5) is 11.5. The minimum atomic E-state index is -4.08. The van der Waals surface area contributed by atoms with E-state index in [0.717, 1.165) is 6.54 Å². The van der Waals surface area contributed by atoms with E-state index in [1.807, 2.05) is 6.92 Å². The fourth-order valence-corrected chi connectivity index (χ4v) is 2.24. The Labute approximate surface area is 106 Å². The number of nitrogens with one attached hydrogen (secondary N) is 2. The van der Waals surface area contributed by atoms with Gasteiger partial charge in [-0.25, -0.2) is 0 Å². The summed E-state index contributed by atoms with van der Waals surface area (Å²) in [6.45, 7) is 3.38. The Hall–Kier alpha value is -0.780. The lowest BCUT2D eigenvalue weighted by atomic mass is 9.85. The zero-order chi connectivity index (χ0) is 13.6. The fourth-order valence-electron chi connectivity index (χ4n) is 2.24. The molecule has 0 aromatic rings. The highest BCUT2D eigenvalue weighted by molar-refractivity contribution is 5.76. The number of halogens is 3. The summed E-state index contributed by atoms with van der Waals surface area (Å²) in [6, 6.07) is -0.0854. The zero-order valence-electron chi connectivity index (χ0n) is 10.6. The van der Waals surface area contributed by atoms with Crippen LogP contribution in [0.2, 0.25) is 0 Å². The van der Waals surface area contributed by atoms with Crippen LogP contribution in [0.3, 0.4) is 0 Å². The standard InChI is InChI=1S/C12H21F3N2O/c1-2-16-8-7-11(18)17-10-5-3-9(4-6-10)12(13,14)15/h9-10,16H,2-8H2,1H3,(H,17,18). The molecule has 0 aliphatic heterocycles. The molecule has 1 aliphatic rings. The van der Waals surface area contributed by atoms with Crippen molar-refractivity contribution in [3.8, 4) is 0 Å². The molecule has 0 aromatic carbocycles. The van der Waals surface area contributed by atoms with E-state index >= 15 is 0 Å². The summed E-state index contributed by atoms with van der Waals surface area (Å²) in [5.41, 5.74) is 0.